The summed E-state index contributed by atoms with van der Waals surface area (Å²) in [6.45, 7) is 4.44. The minimum absolute atomic E-state index is 0.138. The molecule has 1 saturated heterocycles. The van der Waals surface area contributed by atoms with Gasteiger partial charge in [0.05, 0.1) is 5.25 Å². The largest absolute Gasteiger partial charge is 0.317 e. The molecule has 2 aliphatic rings. The lowest BCUT2D eigenvalue weighted by Crippen LogP contribution is -2.45. The molecule has 0 atom stereocenters. The number of piperidine rings is 1. The van der Waals surface area contributed by atoms with Crippen LogP contribution in [0.25, 0.3) is 0 Å². The van der Waals surface area contributed by atoms with E-state index in [0.29, 0.717) is 12.6 Å². The highest BCUT2D eigenvalue weighted by atomic mass is 32.2. The first-order valence-electron chi connectivity index (χ1n) is 6.37. The lowest BCUT2D eigenvalue weighted by atomic mass is 10.2. The molecule has 0 unspecified atom stereocenters. The Morgan fingerprint density at radius 2 is 1.81 bits per heavy atom. The number of rotatable bonds is 5. The van der Waals surface area contributed by atoms with Crippen LogP contribution in [0.2, 0.25) is 0 Å². The van der Waals surface area contributed by atoms with Gasteiger partial charge in [0.25, 0.3) is 0 Å². The molecule has 1 heterocycles. The Morgan fingerprint density at radius 3 is 2.31 bits per heavy atom. The maximum absolute atomic E-state index is 12.5. The zero-order valence-corrected chi connectivity index (χ0v) is 10.8. The third-order valence-corrected chi connectivity index (χ3v) is 5.88. The first kappa shape index (κ1) is 12.3. The summed E-state index contributed by atoms with van der Waals surface area (Å²) in [6, 6.07) is 0.319. The van der Waals surface area contributed by atoms with E-state index < -0.39 is 10.0 Å². The lowest BCUT2D eigenvalue weighted by molar-refractivity contribution is 0.383. The Labute approximate surface area is 98.4 Å². The third kappa shape index (κ3) is 2.57. The fourth-order valence-electron chi connectivity index (χ4n) is 2.39. The average molecular weight is 246 g/mol. The third-order valence-electron chi connectivity index (χ3n) is 3.43. The molecule has 0 aromatic carbocycles. The van der Waals surface area contributed by atoms with Gasteiger partial charge >= 0.3 is 0 Å². The summed E-state index contributed by atoms with van der Waals surface area (Å²) < 4.78 is 26.7. The molecule has 1 N–H and O–H groups in total. The summed E-state index contributed by atoms with van der Waals surface area (Å²) in [6.07, 6.45) is 4.58. The van der Waals surface area contributed by atoms with Gasteiger partial charge in [0, 0.05) is 12.6 Å². The molecule has 1 saturated carbocycles. The SMILES string of the molecule is CCCN(C1CC1)S(=O)(=O)C1CCNCC1. The first-order chi connectivity index (χ1) is 7.66. The molecular formula is C11H22N2O2S. The number of hydrogen-bond donors (Lipinski definition) is 1. The van der Waals surface area contributed by atoms with Crippen LogP contribution in [-0.4, -0.2) is 43.6 Å². The van der Waals surface area contributed by atoms with Gasteiger partial charge in [-0.2, -0.15) is 4.31 Å². The second-order valence-corrected chi connectivity index (χ2v) is 7.00. The van der Waals surface area contributed by atoms with Crippen LogP contribution in [-0.2, 0) is 10.0 Å². The molecule has 1 aliphatic carbocycles. The molecule has 0 radical (unpaired) electrons. The summed E-state index contributed by atoms with van der Waals surface area (Å²) in [5, 5.41) is 3.08. The Morgan fingerprint density at radius 1 is 1.19 bits per heavy atom. The van der Waals surface area contributed by atoms with Crippen LogP contribution in [0.4, 0.5) is 0 Å². The highest BCUT2D eigenvalue weighted by Crippen LogP contribution is 2.32. The Balaban J connectivity index is 2.07. The number of hydrogen-bond acceptors (Lipinski definition) is 3. The molecule has 94 valence electrons. The van der Waals surface area contributed by atoms with Crippen LogP contribution in [0.1, 0.15) is 39.0 Å². The summed E-state index contributed by atoms with van der Waals surface area (Å²) in [4.78, 5) is 0. The van der Waals surface area contributed by atoms with Crippen LogP contribution < -0.4 is 5.32 Å². The molecule has 0 spiro atoms. The highest BCUT2D eigenvalue weighted by Gasteiger charge is 2.40. The summed E-state index contributed by atoms with van der Waals surface area (Å²) in [5.41, 5.74) is 0. The average Bonchev–Trinajstić information content (AvgIpc) is 3.11. The molecule has 4 nitrogen and oxygen atoms in total. The molecule has 0 aromatic heterocycles. The minimum atomic E-state index is -3.03. The zero-order valence-electron chi connectivity index (χ0n) is 9.98. The monoisotopic (exact) mass is 246 g/mol. The van der Waals surface area contributed by atoms with Crippen molar-refractivity contribution < 1.29 is 8.42 Å². The number of nitrogens with one attached hydrogen (secondary N) is 1. The maximum atomic E-state index is 12.5. The summed E-state index contributed by atoms with van der Waals surface area (Å²) >= 11 is 0. The number of sulfonamides is 1. The van der Waals surface area contributed by atoms with E-state index in [1.807, 2.05) is 6.92 Å². The van der Waals surface area contributed by atoms with E-state index in [1.54, 1.807) is 4.31 Å². The van der Waals surface area contributed by atoms with Gasteiger partial charge in [-0.3, -0.25) is 0 Å². The second kappa shape index (κ2) is 5.02. The Kier molecular flexibility index (Phi) is 3.87. The van der Waals surface area contributed by atoms with Crippen molar-refractivity contribution in [2.45, 2.75) is 50.3 Å². The molecule has 0 amide bonds. The normalized spacial score (nSPS) is 23.9. The van der Waals surface area contributed by atoms with Gasteiger partial charge in [-0.15, -0.1) is 0 Å². The van der Waals surface area contributed by atoms with Gasteiger partial charge in [0.2, 0.25) is 10.0 Å². The van der Waals surface area contributed by atoms with E-state index in [9.17, 15) is 8.42 Å². The van der Waals surface area contributed by atoms with E-state index in [0.717, 1.165) is 45.2 Å². The lowest BCUT2D eigenvalue weighted by Gasteiger charge is -2.29. The summed E-state index contributed by atoms with van der Waals surface area (Å²) in [7, 11) is -3.03. The van der Waals surface area contributed by atoms with Crippen molar-refractivity contribution >= 4 is 10.0 Å². The Bertz CT molecular complexity index is 319. The van der Waals surface area contributed by atoms with E-state index in [-0.39, 0.29) is 5.25 Å². The standard InChI is InChI=1S/C11H22N2O2S/c1-2-9-13(10-3-4-10)16(14,15)11-5-7-12-8-6-11/h10-12H,2-9H2,1H3. The fraction of sp³-hybridized carbons (Fsp3) is 1.00. The van der Waals surface area contributed by atoms with Crippen LogP contribution in [0.15, 0.2) is 0 Å². The number of nitrogens with zero attached hydrogens (tertiary/aromatic N) is 1. The first-order valence-corrected chi connectivity index (χ1v) is 7.88. The van der Waals surface area contributed by atoms with Gasteiger partial charge < -0.3 is 5.32 Å². The van der Waals surface area contributed by atoms with Crippen molar-refractivity contribution in [2.75, 3.05) is 19.6 Å². The van der Waals surface area contributed by atoms with E-state index in [1.165, 1.54) is 0 Å². The van der Waals surface area contributed by atoms with Crippen molar-refractivity contribution in [3.8, 4) is 0 Å². The molecule has 0 aromatic rings. The molecule has 16 heavy (non-hydrogen) atoms. The topological polar surface area (TPSA) is 49.4 Å². The second-order valence-electron chi connectivity index (χ2n) is 4.84. The van der Waals surface area contributed by atoms with Crippen molar-refractivity contribution in [2.24, 2.45) is 0 Å². The predicted octanol–water partition coefficient (Wildman–Crippen LogP) is 0.943. The molecule has 2 rings (SSSR count). The van der Waals surface area contributed by atoms with Crippen LogP contribution in [0.5, 0.6) is 0 Å². The molecule has 2 fully saturated rings. The molecular weight excluding hydrogens is 224 g/mol. The van der Waals surface area contributed by atoms with E-state index in [2.05, 4.69) is 5.32 Å². The van der Waals surface area contributed by atoms with E-state index >= 15 is 0 Å². The van der Waals surface area contributed by atoms with E-state index in [4.69, 9.17) is 0 Å². The fourth-order valence-corrected chi connectivity index (χ4v) is 4.66. The maximum Gasteiger partial charge on any atom is 0.217 e. The van der Waals surface area contributed by atoms with Gasteiger partial charge in [0.15, 0.2) is 0 Å². The molecule has 1 aliphatic heterocycles. The smallest absolute Gasteiger partial charge is 0.217 e. The summed E-state index contributed by atoms with van der Waals surface area (Å²) in [5.74, 6) is 0. The molecule has 5 heteroatoms. The Hall–Kier alpha value is -0.130. The zero-order chi connectivity index (χ0) is 11.6. The van der Waals surface area contributed by atoms with Gasteiger partial charge in [0.1, 0.15) is 0 Å². The van der Waals surface area contributed by atoms with Gasteiger partial charge in [-0.1, -0.05) is 6.92 Å². The van der Waals surface area contributed by atoms with Crippen LogP contribution in [0, 0.1) is 0 Å². The minimum Gasteiger partial charge on any atom is -0.317 e. The van der Waals surface area contributed by atoms with Crippen LogP contribution in [0.3, 0.4) is 0 Å². The van der Waals surface area contributed by atoms with Crippen molar-refractivity contribution in [1.29, 1.82) is 0 Å². The van der Waals surface area contributed by atoms with Gasteiger partial charge in [-0.25, -0.2) is 8.42 Å². The van der Waals surface area contributed by atoms with Crippen LogP contribution >= 0.6 is 0 Å². The van der Waals surface area contributed by atoms with Crippen molar-refractivity contribution in [1.82, 2.24) is 9.62 Å². The van der Waals surface area contributed by atoms with Crippen molar-refractivity contribution in [3.05, 3.63) is 0 Å². The molecule has 0 bridgehead atoms. The highest BCUT2D eigenvalue weighted by molar-refractivity contribution is 7.89. The predicted molar refractivity (Wildman–Crippen MR) is 64.8 cm³/mol. The van der Waals surface area contributed by atoms with Crippen molar-refractivity contribution in [3.63, 3.8) is 0 Å². The van der Waals surface area contributed by atoms with Gasteiger partial charge in [-0.05, 0) is 45.2 Å². The quantitative estimate of drug-likeness (QED) is 0.785.